The Balaban J connectivity index is 2.52. The Bertz CT molecular complexity index is 143. The molecule has 0 aliphatic carbocycles. The van der Waals surface area contributed by atoms with Crippen LogP contribution in [0.3, 0.4) is 0 Å². The normalized spacial score (nSPS) is 22.2. The number of hydrogen-bond acceptors (Lipinski definition) is 3. The minimum absolute atomic E-state index is 0.0672. The first-order valence-electron chi connectivity index (χ1n) is 3.83. The van der Waals surface area contributed by atoms with E-state index in [0.29, 0.717) is 5.11 Å². The van der Waals surface area contributed by atoms with E-state index >= 15 is 0 Å². The van der Waals surface area contributed by atoms with Gasteiger partial charge in [-0.1, -0.05) is 13.8 Å². The highest BCUT2D eigenvalue weighted by atomic mass is 32.1. The quantitative estimate of drug-likeness (QED) is 0.444. The number of rotatable bonds is 2. The van der Waals surface area contributed by atoms with E-state index in [1.54, 1.807) is 0 Å². The van der Waals surface area contributed by atoms with Gasteiger partial charge in [0.15, 0.2) is 5.11 Å². The number of nitrogens with one attached hydrogen (secondary N) is 4. The van der Waals surface area contributed by atoms with Crippen LogP contribution in [-0.4, -0.2) is 10.8 Å². The summed E-state index contributed by atoms with van der Waals surface area (Å²) >= 11 is 4.86. The molecule has 0 saturated carbocycles. The fourth-order valence-electron chi connectivity index (χ4n) is 1.02. The summed E-state index contributed by atoms with van der Waals surface area (Å²) in [6.07, 6.45) is 1.98. The van der Waals surface area contributed by atoms with Gasteiger partial charge in [-0.15, -0.1) is 0 Å². The summed E-state index contributed by atoms with van der Waals surface area (Å²) < 4.78 is 0. The summed E-state index contributed by atoms with van der Waals surface area (Å²) in [6.45, 7) is 4.22. The Morgan fingerprint density at radius 2 is 1.64 bits per heavy atom. The van der Waals surface area contributed by atoms with Crippen LogP contribution in [0.5, 0.6) is 0 Å². The van der Waals surface area contributed by atoms with Gasteiger partial charge in [0.2, 0.25) is 0 Å². The second kappa shape index (κ2) is 3.34. The summed E-state index contributed by atoms with van der Waals surface area (Å²) in [4.78, 5) is 0. The highest BCUT2D eigenvalue weighted by molar-refractivity contribution is 7.80. The van der Waals surface area contributed by atoms with E-state index in [1.807, 2.05) is 0 Å². The molecule has 4 N–H and O–H groups in total. The van der Waals surface area contributed by atoms with Crippen LogP contribution in [0, 0.1) is 0 Å². The summed E-state index contributed by atoms with van der Waals surface area (Å²) in [5.74, 6) is 0. The predicted molar refractivity (Wildman–Crippen MR) is 48.5 cm³/mol. The first kappa shape index (κ1) is 8.70. The minimum atomic E-state index is -0.0672. The van der Waals surface area contributed by atoms with E-state index in [1.165, 1.54) is 0 Å². The fraction of sp³-hybridized carbons (Fsp3) is 0.833. The molecular formula is C6H14N4S. The lowest BCUT2D eigenvalue weighted by Crippen LogP contribution is -2.73. The maximum absolute atomic E-state index is 4.86. The largest absolute Gasteiger partial charge is 0.295 e. The first-order chi connectivity index (χ1) is 5.22. The lowest BCUT2D eigenvalue weighted by atomic mass is 10.1. The molecule has 0 amide bonds. The van der Waals surface area contributed by atoms with Crippen molar-refractivity contribution in [3.8, 4) is 0 Å². The van der Waals surface area contributed by atoms with Crippen molar-refractivity contribution in [3.63, 3.8) is 0 Å². The molecule has 64 valence electrons. The second-order valence-electron chi connectivity index (χ2n) is 2.62. The number of hydrogen-bond donors (Lipinski definition) is 4. The van der Waals surface area contributed by atoms with Gasteiger partial charge in [0, 0.05) is 0 Å². The van der Waals surface area contributed by atoms with Crippen LogP contribution in [0.4, 0.5) is 0 Å². The van der Waals surface area contributed by atoms with Crippen LogP contribution in [0.2, 0.25) is 0 Å². The molecule has 0 radical (unpaired) electrons. The Morgan fingerprint density at radius 1 is 1.18 bits per heavy atom. The van der Waals surface area contributed by atoms with Crippen LogP contribution >= 0.6 is 12.2 Å². The monoisotopic (exact) mass is 174 g/mol. The number of thiocarbonyl (C=S) groups is 1. The molecule has 0 aromatic rings. The molecule has 0 aromatic carbocycles. The molecule has 1 fully saturated rings. The zero-order chi connectivity index (χ0) is 8.32. The highest BCUT2D eigenvalue weighted by Crippen LogP contribution is 2.09. The van der Waals surface area contributed by atoms with Crippen molar-refractivity contribution in [1.29, 1.82) is 0 Å². The molecule has 1 heterocycles. The van der Waals surface area contributed by atoms with Crippen molar-refractivity contribution in [2.45, 2.75) is 32.4 Å². The van der Waals surface area contributed by atoms with Crippen molar-refractivity contribution in [3.05, 3.63) is 0 Å². The average Bonchev–Trinajstić information content (AvgIpc) is 2.07. The van der Waals surface area contributed by atoms with E-state index in [-0.39, 0.29) is 5.66 Å². The lowest BCUT2D eigenvalue weighted by Gasteiger charge is -2.39. The lowest BCUT2D eigenvalue weighted by molar-refractivity contribution is 0.188. The van der Waals surface area contributed by atoms with E-state index in [0.717, 1.165) is 12.8 Å². The molecule has 0 bridgehead atoms. The third-order valence-electron chi connectivity index (χ3n) is 2.04. The van der Waals surface area contributed by atoms with Crippen LogP contribution in [0.1, 0.15) is 26.7 Å². The van der Waals surface area contributed by atoms with E-state index < -0.39 is 0 Å². The zero-order valence-corrected chi connectivity index (χ0v) is 7.64. The third-order valence-corrected chi connectivity index (χ3v) is 2.24. The predicted octanol–water partition coefficient (Wildman–Crippen LogP) is -0.0104. The van der Waals surface area contributed by atoms with Crippen LogP contribution in [0.15, 0.2) is 0 Å². The van der Waals surface area contributed by atoms with Gasteiger partial charge >= 0.3 is 0 Å². The van der Waals surface area contributed by atoms with Crippen LogP contribution in [-0.2, 0) is 0 Å². The second-order valence-corrected chi connectivity index (χ2v) is 3.03. The van der Waals surface area contributed by atoms with Crippen molar-refractivity contribution in [1.82, 2.24) is 21.7 Å². The Hall–Kier alpha value is -0.390. The average molecular weight is 174 g/mol. The van der Waals surface area contributed by atoms with Crippen molar-refractivity contribution < 1.29 is 0 Å². The molecule has 1 rings (SSSR count). The maximum atomic E-state index is 4.86. The highest BCUT2D eigenvalue weighted by Gasteiger charge is 2.28. The van der Waals surface area contributed by atoms with Gasteiger partial charge in [0.25, 0.3) is 0 Å². The molecular weight excluding hydrogens is 160 g/mol. The van der Waals surface area contributed by atoms with Gasteiger partial charge in [0.1, 0.15) is 5.66 Å². The molecule has 11 heavy (non-hydrogen) atoms. The first-order valence-corrected chi connectivity index (χ1v) is 4.23. The summed E-state index contributed by atoms with van der Waals surface area (Å²) in [7, 11) is 0. The van der Waals surface area contributed by atoms with Crippen LogP contribution < -0.4 is 21.7 Å². The molecule has 4 nitrogen and oxygen atoms in total. The van der Waals surface area contributed by atoms with Gasteiger partial charge < -0.3 is 0 Å². The van der Waals surface area contributed by atoms with Gasteiger partial charge in [0.05, 0.1) is 0 Å². The van der Waals surface area contributed by atoms with Crippen molar-refractivity contribution in [2.24, 2.45) is 0 Å². The summed E-state index contributed by atoms with van der Waals surface area (Å²) in [6, 6.07) is 0. The summed E-state index contributed by atoms with van der Waals surface area (Å²) in [5, 5.41) is 0.586. The molecule has 1 aliphatic rings. The molecule has 0 aromatic heterocycles. The standard InChI is InChI=1S/C6H14N4S/c1-3-6(4-2)9-7-5(11)8-10-6/h9-10H,3-4H2,1-2H3,(H2,7,8,11). The van der Waals surface area contributed by atoms with Gasteiger partial charge in [-0.3, -0.25) is 10.9 Å². The van der Waals surface area contributed by atoms with Crippen molar-refractivity contribution >= 4 is 17.3 Å². The van der Waals surface area contributed by atoms with E-state index in [9.17, 15) is 0 Å². The van der Waals surface area contributed by atoms with E-state index in [2.05, 4.69) is 35.6 Å². The van der Waals surface area contributed by atoms with Gasteiger partial charge in [-0.05, 0) is 25.1 Å². The number of hydrazine groups is 2. The molecule has 0 atom stereocenters. The molecule has 5 heteroatoms. The van der Waals surface area contributed by atoms with Gasteiger partial charge in [-0.25, -0.2) is 10.9 Å². The molecule has 0 spiro atoms. The summed E-state index contributed by atoms with van der Waals surface area (Å²) in [5.41, 5.74) is 11.9. The Morgan fingerprint density at radius 3 is 2.00 bits per heavy atom. The Labute approximate surface area is 72.1 Å². The van der Waals surface area contributed by atoms with Crippen LogP contribution in [0.25, 0.3) is 0 Å². The van der Waals surface area contributed by atoms with Crippen molar-refractivity contribution in [2.75, 3.05) is 0 Å². The third kappa shape index (κ3) is 1.79. The smallest absolute Gasteiger partial charge is 0.195 e. The zero-order valence-electron chi connectivity index (χ0n) is 6.82. The minimum Gasteiger partial charge on any atom is -0.295 e. The Kier molecular flexibility index (Phi) is 2.64. The topological polar surface area (TPSA) is 48.1 Å². The van der Waals surface area contributed by atoms with Gasteiger partial charge in [-0.2, -0.15) is 0 Å². The SMILES string of the molecule is CCC1(CC)NNC(=S)NN1. The fourth-order valence-corrected chi connectivity index (χ4v) is 1.12. The molecule has 0 unspecified atom stereocenters. The molecule has 1 aliphatic heterocycles. The molecule has 1 saturated heterocycles. The van der Waals surface area contributed by atoms with E-state index in [4.69, 9.17) is 12.2 Å². The maximum Gasteiger partial charge on any atom is 0.195 e.